The third kappa shape index (κ3) is 2.12. The fourth-order valence-electron chi connectivity index (χ4n) is 1.68. The molecule has 0 heteroatoms. The molecule has 0 aliphatic rings. The van der Waals surface area contributed by atoms with E-state index in [9.17, 15) is 0 Å². The van der Waals surface area contributed by atoms with Crippen LogP contribution in [0.15, 0.2) is 24.3 Å². The van der Waals surface area contributed by atoms with Crippen molar-refractivity contribution in [3.05, 3.63) is 35.4 Å². The summed E-state index contributed by atoms with van der Waals surface area (Å²) in [6, 6.07) is 8.79. The molecule has 0 saturated heterocycles. The molecule has 0 nitrogen and oxygen atoms in total. The first-order valence-corrected chi connectivity index (χ1v) is 5.20. The molecule has 13 heavy (non-hydrogen) atoms. The Morgan fingerprint density at radius 3 is 2.23 bits per heavy atom. The molecule has 0 unspecified atom stereocenters. The zero-order valence-electron chi connectivity index (χ0n) is 9.22. The molecule has 0 spiro atoms. The Hall–Kier alpha value is -0.780. The molecule has 0 aliphatic carbocycles. The van der Waals surface area contributed by atoms with Gasteiger partial charge < -0.3 is 0 Å². The summed E-state index contributed by atoms with van der Waals surface area (Å²) in [6.45, 7) is 9.12. The van der Waals surface area contributed by atoms with E-state index in [0.29, 0.717) is 5.41 Å². The number of rotatable bonds is 3. The molecule has 0 aromatic heterocycles. The molecule has 0 amide bonds. The van der Waals surface area contributed by atoms with Crippen molar-refractivity contribution >= 4 is 0 Å². The highest BCUT2D eigenvalue weighted by Crippen LogP contribution is 2.29. The highest BCUT2D eigenvalue weighted by molar-refractivity contribution is 5.33. The second kappa shape index (κ2) is 3.95. The molecule has 0 bridgehead atoms. The zero-order chi connectivity index (χ0) is 9.90. The van der Waals surface area contributed by atoms with Crippen LogP contribution in [0.2, 0.25) is 0 Å². The van der Waals surface area contributed by atoms with Crippen molar-refractivity contribution in [1.29, 1.82) is 0 Å². The SMILES string of the molecule is CCc1ccccc1C(C)(C)CC. The molecule has 1 rings (SSSR count). The van der Waals surface area contributed by atoms with Crippen molar-refractivity contribution in [1.82, 2.24) is 0 Å². The van der Waals surface area contributed by atoms with Crippen molar-refractivity contribution < 1.29 is 0 Å². The minimum Gasteiger partial charge on any atom is -0.0646 e. The summed E-state index contributed by atoms with van der Waals surface area (Å²) >= 11 is 0. The standard InChI is InChI=1S/C13H20/c1-5-11-9-7-8-10-12(11)13(3,4)6-2/h7-10H,5-6H2,1-4H3. The normalized spacial score (nSPS) is 11.7. The average Bonchev–Trinajstić information content (AvgIpc) is 2.18. The van der Waals surface area contributed by atoms with Gasteiger partial charge in [0.05, 0.1) is 0 Å². The van der Waals surface area contributed by atoms with Gasteiger partial charge >= 0.3 is 0 Å². The minimum atomic E-state index is 0.326. The van der Waals surface area contributed by atoms with E-state index >= 15 is 0 Å². The molecule has 0 radical (unpaired) electrons. The average molecular weight is 176 g/mol. The van der Waals surface area contributed by atoms with Crippen molar-refractivity contribution in [3.63, 3.8) is 0 Å². The molecule has 1 aromatic carbocycles. The van der Waals surface area contributed by atoms with Gasteiger partial charge in [0, 0.05) is 0 Å². The second-order valence-corrected chi connectivity index (χ2v) is 4.25. The van der Waals surface area contributed by atoms with Crippen molar-refractivity contribution in [2.75, 3.05) is 0 Å². The van der Waals surface area contributed by atoms with Crippen LogP contribution in [0, 0.1) is 0 Å². The van der Waals surface area contributed by atoms with Gasteiger partial charge in [-0.15, -0.1) is 0 Å². The highest BCUT2D eigenvalue weighted by Gasteiger charge is 2.19. The molecule has 0 aliphatic heterocycles. The summed E-state index contributed by atoms with van der Waals surface area (Å²) < 4.78 is 0. The van der Waals surface area contributed by atoms with Gasteiger partial charge in [-0.1, -0.05) is 52.0 Å². The summed E-state index contributed by atoms with van der Waals surface area (Å²) in [6.07, 6.45) is 2.34. The predicted molar refractivity (Wildman–Crippen MR) is 59.1 cm³/mol. The topological polar surface area (TPSA) is 0 Å². The quantitative estimate of drug-likeness (QED) is 0.654. The van der Waals surface area contributed by atoms with Crippen LogP contribution in [0.3, 0.4) is 0 Å². The predicted octanol–water partition coefficient (Wildman–Crippen LogP) is 3.94. The molecule has 0 atom stereocenters. The van der Waals surface area contributed by atoms with Crippen LogP contribution < -0.4 is 0 Å². The van der Waals surface area contributed by atoms with Gasteiger partial charge in [0.25, 0.3) is 0 Å². The number of benzene rings is 1. The van der Waals surface area contributed by atoms with E-state index in [2.05, 4.69) is 52.0 Å². The second-order valence-electron chi connectivity index (χ2n) is 4.25. The Bertz CT molecular complexity index is 271. The molecule has 0 heterocycles. The maximum absolute atomic E-state index is 2.32. The third-order valence-corrected chi connectivity index (χ3v) is 3.01. The van der Waals surface area contributed by atoms with Crippen LogP contribution in [0.5, 0.6) is 0 Å². The Balaban J connectivity index is 3.12. The van der Waals surface area contributed by atoms with Crippen LogP contribution >= 0.6 is 0 Å². The van der Waals surface area contributed by atoms with E-state index in [-0.39, 0.29) is 0 Å². The number of aryl methyl sites for hydroxylation is 1. The molecular formula is C13H20. The lowest BCUT2D eigenvalue weighted by Gasteiger charge is -2.26. The monoisotopic (exact) mass is 176 g/mol. The lowest BCUT2D eigenvalue weighted by atomic mass is 9.79. The van der Waals surface area contributed by atoms with Gasteiger partial charge in [0.2, 0.25) is 0 Å². The van der Waals surface area contributed by atoms with Gasteiger partial charge in [-0.3, -0.25) is 0 Å². The fraction of sp³-hybridized carbons (Fsp3) is 0.538. The zero-order valence-corrected chi connectivity index (χ0v) is 9.22. The molecular weight excluding hydrogens is 156 g/mol. The molecule has 72 valence electrons. The van der Waals surface area contributed by atoms with E-state index < -0.39 is 0 Å². The van der Waals surface area contributed by atoms with Crippen LogP contribution in [0.25, 0.3) is 0 Å². The van der Waals surface area contributed by atoms with Crippen LogP contribution in [0.4, 0.5) is 0 Å². The van der Waals surface area contributed by atoms with E-state index in [4.69, 9.17) is 0 Å². The van der Waals surface area contributed by atoms with E-state index in [1.165, 1.54) is 17.5 Å². The smallest absolute Gasteiger partial charge is 0.0103 e. The van der Waals surface area contributed by atoms with Crippen molar-refractivity contribution in [3.8, 4) is 0 Å². The highest BCUT2D eigenvalue weighted by atomic mass is 14.2. The summed E-state index contributed by atoms with van der Waals surface area (Å²) in [5.74, 6) is 0. The molecule has 0 N–H and O–H groups in total. The number of hydrogen-bond acceptors (Lipinski definition) is 0. The third-order valence-electron chi connectivity index (χ3n) is 3.01. The maximum atomic E-state index is 2.32. The van der Waals surface area contributed by atoms with Crippen LogP contribution in [0.1, 0.15) is 45.2 Å². The first-order chi connectivity index (χ1) is 6.11. The van der Waals surface area contributed by atoms with E-state index in [1.807, 2.05) is 0 Å². The van der Waals surface area contributed by atoms with Crippen LogP contribution in [-0.2, 0) is 11.8 Å². The van der Waals surface area contributed by atoms with Gasteiger partial charge in [-0.05, 0) is 29.4 Å². The Labute approximate surface area is 82.0 Å². The lowest BCUT2D eigenvalue weighted by Crippen LogP contribution is -2.17. The first-order valence-electron chi connectivity index (χ1n) is 5.20. The maximum Gasteiger partial charge on any atom is -0.0103 e. The number of hydrogen-bond donors (Lipinski definition) is 0. The van der Waals surface area contributed by atoms with Crippen LogP contribution in [-0.4, -0.2) is 0 Å². The van der Waals surface area contributed by atoms with Gasteiger partial charge in [-0.25, -0.2) is 0 Å². The van der Waals surface area contributed by atoms with Gasteiger partial charge in [0.1, 0.15) is 0 Å². The Morgan fingerprint density at radius 2 is 1.69 bits per heavy atom. The molecule has 0 saturated carbocycles. The molecule has 0 fully saturated rings. The van der Waals surface area contributed by atoms with E-state index in [1.54, 1.807) is 0 Å². The first kappa shape index (κ1) is 10.3. The van der Waals surface area contributed by atoms with E-state index in [0.717, 1.165) is 6.42 Å². The summed E-state index contributed by atoms with van der Waals surface area (Å²) in [7, 11) is 0. The van der Waals surface area contributed by atoms with Gasteiger partial charge in [-0.2, -0.15) is 0 Å². The summed E-state index contributed by atoms with van der Waals surface area (Å²) in [5, 5.41) is 0. The van der Waals surface area contributed by atoms with Crippen molar-refractivity contribution in [2.45, 2.75) is 46.0 Å². The largest absolute Gasteiger partial charge is 0.0646 e. The summed E-state index contributed by atoms with van der Waals surface area (Å²) in [5.41, 5.74) is 3.33. The minimum absolute atomic E-state index is 0.326. The lowest BCUT2D eigenvalue weighted by molar-refractivity contribution is 0.501. The Morgan fingerprint density at radius 1 is 1.08 bits per heavy atom. The Kier molecular flexibility index (Phi) is 3.13. The fourth-order valence-corrected chi connectivity index (χ4v) is 1.68. The van der Waals surface area contributed by atoms with Crippen molar-refractivity contribution in [2.24, 2.45) is 0 Å². The van der Waals surface area contributed by atoms with Gasteiger partial charge in [0.15, 0.2) is 0 Å². The molecule has 1 aromatic rings. The summed E-state index contributed by atoms with van der Waals surface area (Å²) in [4.78, 5) is 0.